The standard InChI is InChI=1S/C16H23F2N3O2/c1-10-4-3-5-11(2)14(10)21-16(22)20-9-12-6-7-19-13(8-12)23-15(17)18/h6-8,10-11,14-15H,3-5,9H2,1-2H3,(H2,20,21,22). The second kappa shape index (κ2) is 8.08. The Kier molecular flexibility index (Phi) is 6.12. The Morgan fingerprint density at radius 3 is 2.74 bits per heavy atom. The molecule has 1 aromatic heterocycles. The highest BCUT2D eigenvalue weighted by atomic mass is 19.3. The lowest BCUT2D eigenvalue weighted by Crippen LogP contribution is -2.49. The van der Waals surface area contributed by atoms with Crippen LogP contribution in [0.15, 0.2) is 18.3 Å². The number of halogens is 2. The molecule has 1 heterocycles. The fourth-order valence-corrected chi connectivity index (χ4v) is 3.07. The first-order valence-corrected chi connectivity index (χ1v) is 7.90. The first-order chi connectivity index (χ1) is 11.0. The zero-order valence-corrected chi connectivity index (χ0v) is 13.4. The van der Waals surface area contributed by atoms with Crippen LogP contribution in [0.4, 0.5) is 13.6 Å². The first kappa shape index (κ1) is 17.4. The van der Waals surface area contributed by atoms with Gasteiger partial charge in [-0.05, 0) is 36.3 Å². The third-order valence-electron chi connectivity index (χ3n) is 4.30. The molecule has 1 aliphatic carbocycles. The molecule has 128 valence electrons. The van der Waals surface area contributed by atoms with Crippen LogP contribution in [-0.4, -0.2) is 23.7 Å². The van der Waals surface area contributed by atoms with Crippen molar-refractivity contribution in [1.82, 2.24) is 15.6 Å². The molecule has 0 spiro atoms. The van der Waals surface area contributed by atoms with Crippen molar-refractivity contribution in [3.05, 3.63) is 23.9 Å². The molecule has 2 amide bonds. The van der Waals surface area contributed by atoms with E-state index in [9.17, 15) is 13.6 Å². The van der Waals surface area contributed by atoms with Gasteiger partial charge in [0, 0.05) is 24.8 Å². The molecule has 23 heavy (non-hydrogen) atoms. The van der Waals surface area contributed by atoms with Crippen LogP contribution < -0.4 is 15.4 Å². The second-order valence-electron chi connectivity index (χ2n) is 6.12. The molecule has 2 N–H and O–H groups in total. The minimum Gasteiger partial charge on any atom is -0.417 e. The number of carbonyl (C=O) groups excluding carboxylic acids is 1. The Bertz CT molecular complexity index is 518. The Labute approximate surface area is 134 Å². The number of alkyl halides is 2. The molecule has 1 aromatic rings. The molecule has 7 heteroatoms. The summed E-state index contributed by atoms with van der Waals surface area (Å²) in [5, 5.41) is 5.77. The Balaban J connectivity index is 1.84. The molecule has 0 aliphatic heterocycles. The average molecular weight is 327 g/mol. The van der Waals surface area contributed by atoms with Crippen LogP contribution in [-0.2, 0) is 6.54 Å². The summed E-state index contributed by atoms with van der Waals surface area (Å²) in [6.07, 6.45) is 4.81. The summed E-state index contributed by atoms with van der Waals surface area (Å²) in [5.41, 5.74) is 0.649. The predicted octanol–water partition coefficient (Wildman–Crippen LogP) is 3.31. The normalized spacial score (nSPS) is 24.3. The van der Waals surface area contributed by atoms with Gasteiger partial charge in [0.2, 0.25) is 5.88 Å². The fraction of sp³-hybridized carbons (Fsp3) is 0.625. The number of pyridine rings is 1. The van der Waals surface area contributed by atoms with Gasteiger partial charge in [0.05, 0.1) is 0 Å². The zero-order chi connectivity index (χ0) is 16.8. The van der Waals surface area contributed by atoms with Gasteiger partial charge in [-0.2, -0.15) is 8.78 Å². The second-order valence-corrected chi connectivity index (χ2v) is 6.12. The summed E-state index contributed by atoms with van der Waals surface area (Å²) >= 11 is 0. The number of ether oxygens (including phenoxy) is 1. The Morgan fingerprint density at radius 2 is 2.09 bits per heavy atom. The number of nitrogens with one attached hydrogen (secondary N) is 2. The third-order valence-corrected chi connectivity index (χ3v) is 4.30. The maximum absolute atomic E-state index is 12.2. The van der Waals surface area contributed by atoms with Crippen molar-refractivity contribution in [2.24, 2.45) is 11.8 Å². The summed E-state index contributed by atoms with van der Waals surface area (Å²) in [5.74, 6) is 0.752. The van der Waals surface area contributed by atoms with Crippen molar-refractivity contribution < 1.29 is 18.3 Å². The van der Waals surface area contributed by atoms with E-state index in [2.05, 4.69) is 34.2 Å². The molecule has 2 atom stereocenters. The molecular weight excluding hydrogens is 304 g/mol. The highest BCUT2D eigenvalue weighted by Crippen LogP contribution is 2.28. The number of amides is 2. The SMILES string of the molecule is CC1CCCC(C)C1NC(=O)NCc1ccnc(OC(F)F)c1. The fourth-order valence-electron chi connectivity index (χ4n) is 3.07. The first-order valence-electron chi connectivity index (χ1n) is 7.90. The predicted molar refractivity (Wildman–Crippen MR) is 82.2 cm³/mol. The van der Waals surface area contributed by atoms with Gasteiger partial charge < -0.3 is 15.4 Å². The lowest BCUT2D eigenvalue weighted by Gasteiger charge is -2.35. The van der Waals surface area contributed by atoms with Crippen LogP contribution in [0.25, 0.3) is 0 Å². The molecule has 0 radical (unpaired) electrons. The average Bonchev–Trinajstić information content (AvgIpc) is 2.49. The van der Waals surface area contributed by atoms with E-state index in [1.165, 1.54) is 18.7 Å². The zero-order valence-electron chi connectivity index (χ0n) is 13.4. The van der Waals surface area contributed by atoms with Crippen LogP contribution in [0.5, 0.6) is 5.88 Å². The summed E-state index contributed by atoms with van der Waals surface area (Å²) < 4.78 is 28.6. The van der Waals surface area contributed by atoms with Gasteiger partial charge in [0.15, 0.2) is 0 Å². The van der Waals surface area contributed by atoms with Gasteiger partial charge in [-0.1, -0.05) is 20.3 Å². The number of rotatable bonds is 5. The number of urea groups is 1. The maximum Gasteiger partial charge on any atom is 0.388 e. The molecule has 1 saturated carbocycles. The Morgan fingerprint density at radius 1 is 1.39 bits per heavy atom. The summed E-state index contributed by atoms with van der Waals surface area (Å²) in [6, 6.07) is 2.95. The van der Waals surface area contributed by atoms with E-state index in [0.29, 0.717) is 17.4 Å². The molecule has 1 aliphatic rings. The van der Waals surface area contributed by atoms with Crippen molar-refractivity contribution in [1.29, 1.82) is 0 Å². The van der Waals surface area contributed by atoms with Crippen LogP contribution in [0.1, 0.15) is 38.7 Å². The largest absolute Gasteiger partial charge is 0.417 e. The molecule has 2 unspecified atom stereocenters. The summed E-state index contributed by atoms with van der Waals surface area (Å²) in [6.45, 7) is 1.61. The molecular formula is C16H23F2N3O2. The number of aromatic nitrogens is 1. The van der Waals surface area contributed by atoms with Crippen molar-refractivity contribution in [2.45, 2.75) is 52.3 Å². The van der Waals surface area contributed by atoms with Gasteiger partial charge in [0.25, 0.3) is 0 Å². The van der Waals surface area contributed by atoms with Gasteiger partial charge in [-0.3, -0.25) is 0 Å². The van der Waals surface area contributed by atoms with E-state index < -0.39 is 6.61 Å². The molecule has 2 rings (SSSR count). The van der Waals surface area contributed by atoms with Crippen LogP contribution in [0, 0.1) is 11.8 Å². The van der Waals surface area contributed by atoms with Crippen molar-refractivity contribution in [2.75, 3.05) is 0 Å². The smallest absolute Gasteiger partial charge is 0.388 e. The number of carbonyl (C=O) groups is 1. The topological polar surface area (TPSA) is 63.2 Å². The van der Waals surface area contributed by atoms with E-state index >= 15 is 0 Å². The molecule has 0 bridgehead atoms. The van der Waals surface area contributed by atoms with Crippen molar-refractivity contribution in [3.63, 3.8) is 0 Å². The van der Waals surface area contributed by atoms with E-state index in [1.54, 1.807) is 6.07 Å². The van der Waals surface area contributed by atoms with Crippen LogP contribution >= 0.6 is 0 Å². The van der Waals surface area contributed by atoms with E-state index in [-0.39, 0.29) is 24.5 Å². The van der Waals surface area contributed by atoms with E-state index in [0.717, 1.165) is 12.8 Å². The highest BCUT2D eigenvalue weighted by molar-refractivity contribution is 5.74. The van der Waals surface area contributed by atoms with Crippen molar-refractivity contribution in [3.8, 4) is 5.88 Å². The molecule has 0 aromatic carbocycles. The van der Waals surface area contributed by atoms with Crippen molar-refractivity contribution >= 4 is 6.03 Å². The summed E-state index contributed by atoms with van der Waals surface area (Å²) in [4.78, 5) is 15.7. The maximum atomic E-state index is 12.2. The lowest BCUT2D eigenvalue weighted by molar-refractivity contribution is -0.0529. The monoisotopic (exact) mass is 327 g/mol. The third kappa shape index (κ3) is 5.33. The molecule has 5 nitrogen and oxygen atoms in total. The number of hydrogen-bond acceptors (Lipinski definition) is 3. The quantitative estimate of drug-likeness (QED) is 0.872. The van der Waals surface area contributed by atoms with Gasteiger partial charge in [-0.25, -0.2) is 9.78 Å². The van der Waals surface area contributed by atoms with E-state index in [1.807, 2.05) is 0 Å². The number of nitrogens with zero attached hydrogens (tertiary/aromatic N) is 1. The minimum atomic E-state index is -2.91. The van der Waals surface area contributed by atoms with Crippen LogP contribution in [0.3, 0.4) is 0 Å². The van der Waals surface area contributed by atoms with Crippen LogP contribution in [0.2, 0.25) is 0 Å². The van der Waals surface area contributed by atoms with Gasteiger partial charge in [-0.15, -0.1) is 0 Å². The summed E-state index contributed by atoms with van der Waals surface area (Å²) in [7, 11) is 0. The van der Waals surface area contributed by atoms with E-state index in [4.69, 9.17) is 0 Å². The highest BCUT2D eigenvalue weighted by Gasteiger charge is 2.28. The van der Waals surface area contributed by atoms with Gasteiger partial charge in [0.1, 0.15) is 0 Å². The number of hydrogen-bond donors (Lipinski definition) is 2. The minimum absolute atomic E-state index is 0.158. The lowest BCUT2D eigenvalue weighted by atomic mass is 9.79. The molecule has 0 saturated heterocycles. The Hall–Kier alpha value is -1.92. The van der Waals surface area contributed by atoms with Gasteiger partial charge >= 0.3 is 12.6 Å². The molecule has 1 fully saturated rings.